The molecule has 9 aromatic rings. The van der Waals surface area contributed by atoms with Crippen LogP contribution < -0.4 is 10.6 Å². The van der Waals surface area contributed by atoms with Crippen molar-refractivity contribution in [3.05, 3.63) is 162 Å². The number of rotatable bonds is 5. The molecule has 236 valence electrons. The van der Waals surface area contributed by atoms with Crippen LogP contribution in [0.2, 0.25) is 0 Å². The standard InChI is InChI=1S/C44H29N5O/c1-3-11-28(12-4-1)29-20-22-30(23-21-29)42-46-43(31-13-10-26-45-27-31)48-44(47-42)35-17-9-19-37-39(35)40-38(50-37)25-24-34-33-16-7-8-18-36(33)49(41(34)40)32-14-5-2-6-15-32/h1-8,10-16,18-27H,9,17H2. The molecule has 5 aromatic carbocycles. The van der Waals surface area contributed by atoms with Crippen LogP contribution in [0.15, 0.2) is 150 Å². The lowest BCUT2D eigenvalue weighted by Gasteiger charge is -2.12. The van der Waals surface area contributed by atoms with Crippen molar-refractivity contribution >= 4 is 44.4 Å². The number of fused-ring (bicyclic) bond motifs is 7. The Balaban J connectivity index is 1.27. The van der Waals surface area contributed by atoms with E-state index in [1.807, 2.05) is 18.2 Å². The fraction of sp³-hybridized carbons (Fsp3) is 0.0455. The molecule has 4 aromatic heterocycles. The third kappa shape index (κ3) is 4.57. The summed E-state index contributed by atoms with van der Waals surface area (Å²) < 4.78 is 9.02. The Hall–Kier alpha value is -6.66. The summed E-state index contributed by atoms with van der Waals surface area (Å²) in [4.78, 5) is 19.7. The number of aromatic nitrogens is 5. The lowest BCUT2D eigenvalue weighted by atomic mass is 9.99. The smallest absolute Gasteiger partial charge is 0.165 e. The van der Waals surface area contributed by atoms with Gasteiger partial charge in [0.25, 0.3) is 0 Å². The van der Waals surface area contributed by atoms with E-state index < -0.39 is 0 Å². The van der Waals surface area contributed by atoms with Crippen LogP contribution in [0.4, 0.5) is 0 Å². The zero-order valence-electron chi connectivity index (χ0n) is 27.0. The van der Waals surface area contributed by atoms with Gasteiger partial charge in [-0.1, -0.05) is 91.0 Å². The van der Waals surface area contributed by atoms with Crippen LogP contribution in [0.1, 0.15) is 18.7 Å². The summed E-state index contributed by atoms with van der Waals surface area (Å²) in [5, 5.41) is 4.49. The highest BCUT2D eigenvalue weighted by molar-refractivity contribution is 6.18. The maximum atomic E-state index is 6.65. The number of para-hydroxylation sites is 2. The van der Waals surface area contributed by atoms with Crippen molar-refractivity contribution in [1.82, 2.24) is 24.5 Å². The van der Waals surface area contributed by atoms with Crippen molar-refractivity contribution in [2.75, 3.05) is 0 Å². The molecule has 0 spiro atoms. The zero-order chi connectivity index (χ0) is 33.0. The summed E-state index contributed by atoms with van der Waals surface area (Å²) in [6.07, 6.45) is 7.36. The number of benzene rings is 5. The average molecular weight is 644 g/mol. The molecule has 0 atom stereocenters. The van der Waals surface area contributed by atoms with Gasteiger partial charge in [-0.3, -0.25) is 4.98 Å². The van der Waals surface area contributed by atoms with Gasteiger partial charge in [-0.15, -0.1) is 0 Å². The van der Waals surface area contributed by atoms with Crippen LogP contribution in [0, 0.1) is 0 Å². The van der Waals surface area contributed by atoms with E-state index in [2.05, 4.69) is 131 Å². The van der Waals surface area contributed by atoms with Gasteiger partial charge in [0, 0.05) is 50.8 Å². The summed E-state index contributed by atoms with van der Waals surface area (Å²) in [5.74, 6) is 1.86. The van der Waals surface area contributed by atoms with Crippen molar-refractivity contribution in [2.24, 2.45) is 0 Å². The molecule has 0 radical (unpaired) electrons. The first-order valence-electron chi connectivity index (χ1n) is 16.9. The van der Waals surface area contributed by atoms with Crippen molar-refractivity contribution in [2.45, 2.75) is 12.8 Å². The molecule has 0 unspecified atom stereocenters. The van der Waals surface area contributed by atoms with Crippen molar-refractivity contribution in [1.29, 1.82) is 0 Å². The van der Waals surface area contributed by atoms with Gasteiger partial charge in [0.05, 0.1) is 16.4 Å². The zero-order valence-corrected chi connectivity index (χ0v) is 27.0. The molecule has 6 nitrogen and oxygen atoms in total. The van der Waals surface area contributed by atoms with Crippen LogP contribution >= 0.6 is 0 Å². The van der Waals surface area contributed by atoms with Crippen LogP contribution in [-0.4, -0.2) is 24.5 Å². The average Bonchev–Trinajstić information content (AvgIpc) is 3.75. The maximum absolute atomic E-state index is 6.65. The Morgan fingerprint density at radius 1 is 0.560 bits per heavy atom. The normalized spacial score (nSPS) is 12.8. The van der Waals surface area contributed by atoms with E-state index in [0.29, 0.717) is 17.5 Å². The summed E-state index contributed by atoms with van der Waals surface area (Å²) in [6, 6.07) is 46.2. The second-order valence-electron chi connectivity index (χ2n) is 12.6. The van der Waals surface area contributed by atoms with Gasteiger partial charge in [-0.25, -0.2) is 15.0 Å². The van der Waals surface area contributed by atoms with E-state index in [0.717, 1.165) is 73.4 Å². The second kappa shape index (κ2) is 11.5. The van der Waals surface area contributed by atoms with Crippen molar-refractivity contribution in [3.63, 3.8) is 0 Å². The Morgan fingerprint density at radius 3 is 2.04 bits per heavy atom. The SMILES string of the molecule is C1=c2oc3ccc4c5ccccc5n(-c5ccccc5)c4c3c2=C(c2nc(-c3ccc(-c4ccccc4)cc3)nc(-c3cccnc3)n2)CC1. The lowest BCUT2D eigenvalue weighted by Crippen LogP contribution is -2.28. The molecular weight excluding hydrogens is 615 g/mol. The monoisotopic (exact) mass is 643 g/mol. The van der Waals surface area contributed by atoms with Gasteiger partial charge in [0.2, 0.25) is 0 Å². The Bertz CT molecular complexity index is 2840. The number of furan rings is 1. The van der Waals surface area contributed by atoms with Gasteiger partial charge in [-0.05, 0) is 72.5 Å². The van der Waals surface area contributed by atoms with E-state index >= 15 is 0 Å². The highest BCUT2D eigenvalue weighted by atomic mass is 16.3. The van der Waals surface area contributed by atoms with E-state index in [4.69, 9.17) is 19.4 Å². The highest BCUT2D eigenvalue weighted by Crippen LogP contribution is 2.36. The third-order valence-corrected chi connectivity index (χ3v) is 9.63. The molecule has 0 N–H and O–H groups in total. The number of pyridine rings is 1. The van der Waals surface area contributed by atoms with Crippen LogP contribution in [-0.2, 0) is 0 Å². The first kappa shape index (κ1) is 28.4. The Labute approximate surface area is 287 Å². The van der Waals surface area contributed by atoms with Gasteiger partial charge < -0.3 is 8.98 Å². The number of hydrogen-bond donors (Lipinski definition) is 0. The maximum Gasteiger partial charge on any atom is 0.165 e. The Kier molecular flexibility index (Phi) is 6.52. The van der Waals surface area contributed by atoms with Gasteiger partial charge in [-0.2, -0.15) is 0 Å². The predicted octanol–water partition coefficient (Wildman–Crippen LogP) is 8.88. The molecule has 4 heterocycles. The molecular formula is C44H29N5O. The molecule has 0 bridgehead atoms. The van der Waals surface area contributed by atoms with Gasteiger partial charge in [0.15, 0.2) is 17.5 Å². The highest BCUT2D eigenvalue weighted by Gasteiger charge is 2.23. The van der Waals surface area contributed by atoms with E-state index in [1.165, 1.54) is 16.3 Å². The predicted molar refractivity (Wildman–Crippen MR) is 200 cm³/mol. The van der Waals surface area contributed by atoms with Gasteiger partial charge >= 0.3 is 0 Å². The molecule has 0 fully saturated rings. The van der Waals surface area contributed by atoms with Crippen LogP contribution in [0.25, 0.3) is 84.0 Å². The molecule has 6 heteroatoms. The summed E-state index contributed by atoms with van der Waals surface area (Å²) >= 11 is 0. The van der Waals surface area contributed by atoms with Crippen LogP contribution in [0.3, 0.4) is 0 Å². The van der Waals surface area contributed by atoms with Crippen molar-refractivity contribution < 1.29 is 4.42 Å². The second-order valence-corrected chi connectivity index (χ2v) is 12.6. The minimum Gasteiger partial charge on any atom is -0.456 e. The molecule has 0 saturated carbocycles. The number of nitrogens with zero attached hydrogens (tertiary/aromatic N) is 5. The van der Waals surface area contributed by atoms with Crippen LogP contribution in [0.5, 0.6) is 0 Å². The van der Waals surface area contributed by atoms with E-state index in [-0.39, 0.29) is 0 Å². The summed E-state index contributed by atoms with van der Waals surface area (Å²) in [7, 11) is 0. The minimum absolute atomic E-state index is 0.588. The summed E-state index contributed by atoms with van der Waals surface area (Å²) in [6.45, 7) is 0. The van der Waals surface area contributed by atoms with E-state index in [9.17, 15) is 0 Å². The first-order chi connectivity index (χ1) is 24.8. The topological polar surface area (TPSA) is 69.6 Å². The number of hydrogen-bond acceptors (Lipinski definition) is 5. The van der Waals surface area contributed by atoms with E-state index in [1.54, 1.807) is 12.4 Å². The molecule has 50 heavy (non-hydrogen) atoms. The molecule has 0 aliphatic heterocycles. The summed E-state index contributed by atoms with van der Waals surface area (Å²) in [5.41, 5.74) is 10.2. The quantitative estimate of drug-likeness (QED) is 0.187. The van der Waals surface area contributed by atoms with Crippen molar-refractivity contribution in [3.8, 4) is 39.6 Å². The van der Waals surface area contributed by atoms with Gasteiger partial charge in [0.1, 0.15) is 11.0 Å². The fourth-order valence-corrected chi connectivity index (χ4v) is 7.35. The molecule has 1 aliphatic rings. The minimum atomic E-state index is 0.588. The molecule has 10 rings (SSSR count). The Morgan fingerprint density at radius 2 is 1.24 bits per heavy atom. The molecule has 0 amide bonds. The third-order valence-electron chi connectivity index (χ3n) is 9.63. The first-order valence-corrected chi connectivity index (χ1v) is 16.9. The largest absolute Gasteiger partial charge is 0.456 e. The lowest BCUT2D eigenvalue weighted by molar-refractivity contribution is 0.571. The fourth-order valence-electron chi connectivity index (χ4n) is 7.35. The molecule has 1 aliphatic carbocycles. The molecule has 0 saturated heterocycles.